The lowest BCUT2D eigenvalue weighted by Gasteiger charge is -2.36. The summed E-state index contributed by atoms with van der Waals surface area (Å²) in [6.07, 6.45) is 9.52. The molecule has 6 heterocycles. The number of hydrogen-bond donors (Lipinski definition) is 2. The van der Waals surface area contributed by atoms with Crippen LogP contribution in [0.5, 0.6) is 0 Å². The number of pyridine rings is 2. The van der Waals surface area contributed by atoms with Crippen molar-refractivity contribution in [1.82, 2.24) is 30.0 Å². The zero-order valence-corrected chi connectivity index (χ0v) is 27.0. The minimum atomic E-state index is -0.325. The van der Waals surface area contributed by atoms with Crippen LogP contribution in [0.1, 0.15) is 43.2 Å². The summed E-state index contributed by atoms with van der Waals surface area (Å²) in [6, 6.07) is 18.0. The van der Waals surface area contributed by atoms with E-state index >= 15 is 0 Å². The molecule has 11 heteroatoms. The molecule has 0 atom stereocenters. The predicted octanol–water partition coefficient (Wildman–Crippen LogP) is 6.17. The third kappa shape index (κ3) is 6.08. The van der Waals surface area contributed by atoms with Gasteiger partial charge in [-0.05, 0) is 93.7 Å². The maximum Gasteiger partial charge on any atom is 0.192 e. The van der Waals surface area contributed by atoms with Gasteiger partial charge >= 0.3 is 0 Å². The van der Waals surface area contributed by atoms with Gasteiger partial charge in [-0.1, -0.05) is 18.3 Å². The Kier molecular flexibility index (Phi) is 8.67. The second kappa shape index (κ2) is 13.2. The first-order valence-electron chi connectivity index (χ1n) is 16.1. The van der Waals surface area contributed by atoms with Crippen LogP contribution in [0.3, 0.4) is 0 Å². The molecule has 0 saturated carbocycles. The minimum absolute atomic E-state index is 0.325. The molecule has 236 valence electrons. The lowest BCUT2D eigenvalue weighted by molar-refractivity contribution is 0.315. The van der Waals surface area contributed by atoms with Gasteiger partial charge in [-0.3, -0.25) is 4.40 Å². The first-order chi connectivity index (χ1) is 22.5. The van der Waals surface area contributed by atoms with Crippen LogP contribution in [-0.4, -0.2) is 64.7 Å². The van der Waals surface area contributed by atoms with Gasteiger partial charge in [-0.25, -0.2) is 19.3 Å². The van der Waals surface area contributed by atoms with Crippen molar-refractivity contribution in [1.29, 1.82) is 5.26 Å². The quantitative estimate of drug-likeness (QED) is 0.209. The van der Waals surface area contributed by atoms with E-state index in [2.05, 4.69) is 57.3 Å². The number of piperidine rings is 2. The third-order valence-electron chi connectivity index (χ3n) is 9.15. The Hall–Kier alpha value is -4.37. The van der Waals surface area contributed by atoms with Crippen molar-refractivity contribution in [2.45, 2.75) is 51.1 Å². The van der Waals surface area contributed by atoms with Crippen LogP contribution in [-0.2, 0) is 6.42 Å². The standard InChI is InChI=1S/C35H38FN9S/c1-3-29-34(43(2)35-42-33(30(20-37)46-35)23-4-8-26(36)9-5-23)45-22-25(7-11-32(45)41-29)24-6-10-31(39-21-24)44-18-14-28(15-19-44)40-27-12-16-38-17-13-27/h4-11,21-22,27-28,38,40H,3,12-19H2,1-2H3. The Bertz CT molecular complexity index is 1840. The lowest BCUT2D eigenvalue weighted by atomic mass is 10.00. The average Bonchev–Trinajstić information content (AvgIpc) is 3.71. The second-order valence-corrected chi connectivity index (χ2v) is 13.1. The molecule has 2 aliphatic rings. The van der Waals surface area contributed by atoms with Crippen molar-refractivity contribution < 1.29 is 4.39 Å². The summed E-state index contributed by atoms with van der Waals surface area (Å²) < 4.78 is 15.7. The Morgan fingerprint density at radius 1 is 0.978 bits per heavy atom. The fourth-order valence-electron chi connectivity index (χ4n) is 6.61. The van der Waals surface area contributed by atoms with E-state index in [0.717, 1.165) is 79.5 Å². The molecule has 0 aliphatic carbocycles. The normalized spacial score (nSPS) is 16.2. The van der Waals surface area contributed by atoms with E-state index in [4.69, 9.17) is 15.0 Å². The average molecular weight is 636 g/mol. The molecule has 0 amide bonds. The summed E-state index contributed by atoms with van der Waals surface area (Å²) in [6.45, 7) is 6.35. The number of aromatic nitrogens is 4. The predicted molar refractivity (Wildman–Crippen MR) is 182 cm³/mol. The minimum Gasteiger partial charge on any atom is -0.357 e. The Morgan fingerprint density at radius 2 is 1.70 bits per heavy atom. The number of imidazole rings is 1. The highest BCUT2D eigenvalue weighted by Gasteiger charge is 2.24. The van der Waals surface area contributed by atoms with Gasteiger partial charge in [-0.15, -0.1) is 0 Å². The van der Waals surface area contributed by atoms with Crippen LogP contribution < -0.4 is 20.4 Å². The summed E-state index contributed by atoms with van der Waals surface area (Å²) in [7, 11) is 1.95. The number of benzene rings is 1. The van der Waals surface area contributed by atoms with Gasteiger partial charge in [0.2, 0.25) is 0 Å². The van der Waals surface area contributed by atoms with Crippen LogP contribution in [0.15, 0.2) is 60.9 Å². The molecule has 46 heavy (non-hydrogen) atoms. The number of anilines is 3. The number of nitriles is 1. The highest BCUT2D eigenvalue weighted by atomic mass is 32.1. The summed E-state index contributed by atoms with van der Waals surface area (Å²) in [5.74, 6) is 1.60. The number of nitrogens with one attached hydrogen (secondary N) is 2. The first-order valence-corrected chi connectivity index (χ1v) is 16.9. The molecule has 2 saturated heterocycles. The number of aryl methyl sites for hydroxylation is 1. The van der Waals surface area contributed by atoms with Crippen molar-refractivity contribution in [3.63, 3.8) is 0 Å². The molecule has 2 aliphatic heterocycles. The second-order valence-electron chi connectivity index (χ2n) is 12.1. The van der Waals surface area contributed by atoms with Crippen LogP contribution in [0.2, 0.25) is 0 Å². The summed E-state index contributed by atoms with van der Waals surface area (Å²) in [5.41, 5.74) is 5.10. The summed E-state index contributed by atoms with van der Waals surface area (Å²) in [5, 5.41) is 17.9. The van der Waals surface area contributed by atoms with Crippen LogP contribution in [0, 0.1) is 17.1 Å². The van der Waals surface area contributed by atoms with Crippen LogP contribution in [0.4, 0.5) is 21.2 Å². The van der Waals surface area contributed by atoms with Crippen molar-refractivity contribution in [2.75, 3.05) is 43.0 Å². The van der Waals surface area contributed by atoms with E-state index in [0.29, 0.717) is 33.3 Å². The number of nitrogens with zero attached hydrogens (tertiary/aromatic N) is 7. The van der Waals surface area contributed by atoms with Crippen LogP contribution in [0.25, 0.3) is 28.0 Å². The molecule has 0 unspecified atom stereocenters. The maximum atomic E-state index is 13.6. The number of rotatable bonds is 8. The number of thiazole rings is 1. The highest BCUT2D eigenvalue weighted by molar-refractivity contribution is 7.16. The monoisotopic (exact) mass is 635 g/mol. The van der Waals surface area contributed by atoms with E-state index in [-0.39, 0.29) is 5.82 Å². The van der Waals surface area contributed by atoms with E-state index in [1.807, 2.05) is 24.2 Å². The SMILES string of the molecule is CCc1nc2ccc(-c3ccc(N4CCC(NC5CCNCC5)CC4)nc3)cn2c1N(C)c1nc(-c2ccc(F)cc2)c(C#N)s1. The summed E-state index contributed by atoms with van der Waals surface area (Å²) >= 11 is 1.31. The summed E-state index contributed by atoms with van der Waals surface area (Å²) in [4.78, 5) is 19.5. The van der Waals surface area contributed by atoms with E-state index in [1.165, 1.54) is 36.3 Å². The van der Waals surface area contributed by atoms with Gasteiger partial charge in [0.05, 0.1) is 5.69 Å². The van der Waals surface area contributed by atoms with Crippen molar-refractivity contribution in [3.05, 3.63) is 77.3 Å². The molecular formula is C35H38FN9S. The van der Waals surface area contributed by atoms with Crippen molar-refractivity contribution in [2.24, 2.45) is 0 Å². The molecule has 0 radical (unpaired) electrons. The van der Waals surface area contributed by atoms with Crippen molar-refractivity contribution >= 4 is 33.8 Å². The van der Waals surface area contributed by atoms with Crippen LogP contribution >= 0.6 is 11.3 Å². The Balaban J connectivity index is 1.11. The third-order valence-corrected chi connectivity index (χ3v) is 10.2. The molecule has 7 rings (SSSR count). The van der Waals surface area contributed by atoms with Gasteiger partial charge < -0.3 is 20.4 Å². The zero-order valence-electron chi connectivity index (χ0n) is 26.2. The number of hydrogen-bond acceptors (Lipinski definition) is 9. The molecule has 1 aromatic carbocycles. The topological polar surface area (TPSA) is 97.4 Å². The van der Waals surface area contributed by atoms with Crippen molar-refractivity contribution in [3.8, 4) is 28.5 Å². The van der Waals surface area contributed by atoms with Gasteiger partial charge in [0, 0.05) is 61.3 Å². The largest absolute Gasteiger partial charge is 0.357 e. The van der Waals surface area contributed by atoms with E-state index in [9.17, 15) is 9.65 Å². The first kappa shape index (κ1) is 30.3. The zero-order chi connectivity index (χ0) is 31.6. The molecular weight excluding hydrogens is 598 g/mol. The number of halogens is 1. The van der Waals surface area contributed by atoms with E-state index < -0.39 is 0 Å². The molecule has 2 fully saturated rings. The van der Waals surface area contributed by atoms with Gasteiger partial charge in [0.15, 0.2) is 5.13 Å². The maximum absolute atomic E-state index is 13.6. The van der Waals surface area contributed by atoms with Gasteiger partial charge in [0.1, 0.15) is 39.7 Å². The molecule has 4 aromatic heterocycles. The molecule has 0 bridgehead atoms. The number of fused-ring (bicyclic) bond motifs is 1. The molecule has 0 spiro atoms. The van der Waals surface area contributed by atoms with E-state index in [1.54, 1.807) is 12.1 Å². The van der Waals surface area contributed by atoms with Gasteiger partial charge in [-0.2, -0.15) is 5.26 Å². The molecule has 9 nitrogen and oxygen atoms in total. The lowest BCUT2D eigenvalue weighted by Crippen LogP contribution is -2.49. The highest BCUT2D eigenvalue weighted by Crippen LogP contribution is 2.37. The Labute approximate surface area is 272 Å². The molecule has 5 aromatic rings. The fourth-order valence-corrected chi connectivity index (χ4v) is 7.46. The Morgan fingerprint density at radius 3 is 2.39 bits per heavy atom. The van der Waals surface area contributed by atoms with Gasteiger partial charge in [0.25, 0.3) is 0 Å². The molecule has 2 N–H and O–H groups in total. The fraction of sp³-hybridized carbons (Fsp3) is 0.371. The smallest absolute Gasteiger partial charge is 0.192 e.